The van der Waals surface area contributed by atoms with Gasteiger partial charge in [0.25, 0.3) is 0 Å². The van der Waals surface area contributed by atoms with Crippen LogP contribution in [0, 0.1) is 5.92 Å². The van der Waals surface area contributed by atoms with Crippen molar-refractivity contribution in [2.24, 2.45) is 5.92 Å². The highest BCUT2D eigenvalue weighted by Gasteiger charge is 2.19. The lowest BCUT2D eigenvalue weighted by molar-refractivity contribution is 0.0994. The molecule has 1 atom stereocenters. The second-order valence-corrected chi connectivity index (χ2v) is 6.73. The minimum Gasteiger partial charge on any atom is -0.396 e. The number of aliphatic hydroxyl groups is 1. The maximum Gasteiger partial charge on any atom is 0.186 e. The van der Waals surface area contributed by atoms with Gasteiger partial charge in [-0.05, 0) is 69.2 Å². The quantitative estimate of drug-likeness (QED) is 0.760. The minimum atomic E-state index is -0.0984. The van der Waals surface area contributed by atoms with E-state index in [1.54, 1.807) is 6.07 Å². The van der Waals surface area contributed by atoms with Crippen molar-refractivity contribution in [3.63, 3.8) is 0 Å². The number of aryl methyl sites for hydroxylation is 1. The lowest BCUT2D eigenvalue weighted by atomic mass is 9.87. The Hall–Kier alpha value is -2.00. The summed E-state index contributed by atoms with van der Waals surface area (Å²) in [6.07, 6.45) is 6.29. The van der Waals surface area contributed by atoms with Crippen LogP contribution in [0.15, 0.2) is 41.5 Å². The highest BCUT2D eigenvalue weighted by molar-refractivity contribution is 6.22. The van der Waals surface area contributed by atoms with E-state index in [4.69, 9.17) is 5.11 Å². The van der Waals surface area contributed by atoms with Crippen molar-refractivity contribution in [3.8, 4) is 0 Å². The van der Waals surface area contributed by atoms with Gasteiger partial charge in [0.05, 0.1) is 0 Å². The standard InChI is InChI=1S/C21H26O3/c1-14(2)17(15(3)5-4-12-22)8-6-16-7-9-18-19(13-16)21(24)11-10-20(18)23/h7,9-11,13,15,22H,4-6,8,12H2,1-3H3/t15-/m0/s1. The summed E-state index contributed by atoms with van der Waals surface area (Å²) in [5, 5.41) is 9.02. The number of hydrogen-bond donors (Lipinski definition) is 1. The number of fused-ring (bicyclic) bond motifs is 1. The van der Waals surface area contributed by atoms with Crippen LogP contribution in [0.1, 0.15) is 66.3 Å². The lowest BCUT2D eigenvalue weighted by Gasteiger charge is -2.18. The third-order valence-electron chi connectivity index (χ3n) is 4.72. The van der Waals surface area contributed by atoms with Gasteiger partial charge in [-0.1, -0.05) is 30.2 Å². The molecule has 0 heterocycles. The van der Waals surface area contributed by atoms with Crippen molar-refractivity contribution in [1.29, 1.82) is 0 Å². The average molecular weight is 326 g/mol. The van der Waals surface area contributed by atoms with Gasteiger partial charge in [-0.25, -0.2) is 0 Å². The molecule has 1 aromatic carbocycles. The molecule has 0 amide bonds. The number of rotatable bonds is 7. The largest absolute Gasteiger partial charge is 0.396 e. The first-order chi connectivity index (χ1) is 11.4. The molecule has 1 aliphatic rings. The van der Waals surface area contributed by atoms with Gasteiger partial charge >= 0.3 is 0 Å². The number of hydrogen-bond acceptors (Lipinski definition) is 3. The Balaban J connectivity index is 2.12. The molecule has 1 aromatic rings. The van der Waals surface area contributed by atoms with E-state index in [1.807, 2.05) is 12.1 Å². The molecule has 0 spiro atoms. The molecule has 128 valence electrons. The first kappa shape index (κ1) is 18.3. The van der Waals surface area contributed by atoms with Crippen LogP contribution in [-0.4, -0.2) is 23.3 Å². The minimum absolute atomic E-state index is 0.0924. The molecule has 0 bridgehead atoms. The Morgan fingerprint density at radius 1 is 1.08 bits per heavy atom. The van der Waals surface area contributed by atoms with E-state index < -0.39 is 0 Å². The Kier molecular flexibility index (Phi) is 6.27. The van der Waals surface area contributed by atoms with Gasteiger partial charge in [-0.2, -0.15) is 0 Å². The molecule has 0 aromatic heterocycles. The molecule has 3 heteroatoms. The molecule has 0 unspecified atom stereocenters. The number of carbonyl (C=O) groups excluding carboxylic acids is 2. The highest BCUT2D eigenvalue weighted by Crippen LogP contribution is 2.26. The Labute approximate surface area is 144 Å². The molecule has 24 heavy (non-hydrogen) atoms. The second kappa shape index (κ2) is 8.20. The first-order valence-corrected chi connectivity index (χ1v) is 8.60. The van der Waals surface area contributed by atoms with Crippen LogP contribution in [0.2, 0.25) is 0 Å². The second-order valence-electron chi connectivity index (χ2n) is 6.73. The van der Waals surface area contributed by atoms with Crippen molar-refractivity contribution in [3.05, 3.63) is 58.2 Å². The van der Waals surface area contributed by atoms with Crippen LogP contribution in [-0.2, 0) is 6.42 Å². The predicted octanol–water partition coefficient (Wildman–Crippen LogP) is 4.30. The molecule has 2 rings (SSSR count). The van der Waals surface area contributed by atoms with Gasteiger partial charge in [0.2, 0.25) is 0 Å². The number of allylic oxidation sites excluding steroid dienone is 4. The van der Waals surface area contributed by atoms with Crippen molar-refractivity contribution < 1.29 is 14.7 Å². The summed E-state index contributed by atoms with van der Waals surface area (Å²) >= 11 is 0. The zero-order valence-electron chi connectivity index (χ0n) is 14.8. The average Bonchev–Trinajstić information content (AvgIpc) is 2.56. The maximum absolute atomic E-state index is 12.0. The molecule has 0 aliphatic heterocycles. The van der Waals surface area contributed by atoms with Gasteiger partial charge in [-0.3, -0.25) is 9.59 Å². The van der Waals surface area contributed by atoms with Gasteiger partial charge < -0.3 is 5.11 Å². The van der Waals surface area contributed by atoms with E-state index in [-0.39, 0.29) is 18.2 Å². The molecular weight excluding hydrogens is 300 g/mol. The fraction of sp³-hybridized carbons (Fsp3) is 0.429. The van der Waals surface area contributed by atoms with E-state index in [2.05, 4.69) is 20.8 Å². The van der Waals surface area contributed by atoms with Crippen molar-refractivity contribution in [1.82, 2.24) is 0 Å². The molecule has 0 saturated carbocycles. The number of aliphatic hydroxyl groups excluding tert-OH is 1. The highest BCUT2D eigenvalue weighted by atomic mass is 16.2. The van der Waals surface area contributed by atoms with Gasteiger partial charge in [0.1, 0.15) is 0 Å². The SMILES string of the molecule is CC(C)=C(CCc1ccc2c(c1)C(=O)C=CC2=O)[C@@H](C)CCCO. The van der Waals surface area contributed by atoms with Crippen LogP contribution < -0.4 is 0 Å². The normalized spacial score (nSPS) is 14.5. The monoisotopic (exact) mass is 326 g/mol. The Bertz CT molecular complexity index is 691. The van der Waals surface area contributed by atoms with Crippen LogP contribution in [0.4, 0.5) is 0 Å². The third kappa shape index (κ3) is 4.30. The predicted molar refractivity (Wildman–Crippen MR) is 96.4 cm³/mol. The fourth-order valence-corrected chi connectivity index (χ4v) is 3.34. The smallest absolute Gasteiger partial charge is 0.186 e. The Morgan fingerprint density at radius 3 is 2.38 bits per heavy atom. The number of ketones is 2. The van der Waals surface area contributed by atoms with Crippen molar-refractivity contribution in [2.75, 3.05) is 6.61 Å². The zero-order valence-corrected chi connectivity index (χ0v) is 14.8. The Morgan fingerprint density at radius 2 is 1.75 bits per heavy atom. The third-order valence-corrected chi connectivity index (χ3v) is 4.72. The lowest BCUT2D eigenvalue weighted by Crippen LogP contribution is -2.12. The zero-order chi connectivity index (χ0) is 17.7. The topological polar surface area (TPSA) is 54.4 Å². The summed E-state index contributed by atoms with van der Waals surface area (Å²) < 4.78 is 0. The molecule has 0 fully saturated rings. The molecule has 1 N–H and O–H groups in total. The fourth-order valence-electron chi connectivity index (χ4n) is 3.34. The van der Waals surface area contributed by atoms with E-state index in [0.717, 1.165) is 31.2 Å². The van der Waals surface area contributed by atoms with Crippen molar-refractivity contribution >= 4 is 11.6 Å². The van der Waals surface area contributed by atoms with Crippen LogP contribution in [0.3, 0.4) is 0 Å². The number of carbonyl (C=O) groups is 2. The summed E-state index contributed by atoms with van der Waals surface area (Å²) in [5.41, 5.74) is 4.85. The molecule has 0 radical (unpaired) electrons. The van der Waals surface area contributed by atoms with Gasteiger partial charge in [0.15, 0.2) is 11.6 Å². The van der Waals surface area contributed by atoms with Crippen LogP contribution in [0.5, 0.6) is 0 Å². The molecule has 3 nitrogen and oxygen atoms in total. The van der Waals surface area contributed by atoms with Crippen LogP contribution >= 0.6 is 0 Å². The van der Waals surface area contributed by atoms with Gasteiger partial charge in [0, 0.05) is 17.7 Å². The molecular formula is C21H26O3. The summed E-state index contributed by atoms with van der Waals surface area (Å²) in [6, 6.07) is 5.58. The summed E-state index contributed by atoms with van der Waals surface area (Å²) in [4.78, 5) is 23.8. The molecule has 1 aliphatic carbocycles. The van der Waals surface area contributed by atoms with Crippen molar-refractivity contribution in [2.45, 2.75) is 46.5 Å². The van der Waals surface area contributed by atoms with Gasteiger partial charge in [-0.15, -0.1) is 0 Å². The van der Waals surface area contributed by atoms with E-state index in [9.17, 15) is 9.59 Å². The van der Waals surface area contributed by atoms with E-state index in [1.165, 1.54) is 23.3 Å². The summed E-state index contributed by atoms with van der Waals surface area (Å²) in [5.74, 6) is 0.259. The summed E-state index contributed by atoms with van der Waals surface area (Å²) in [6.45, 7) is 6.70. The number of benzene rings is 1. The van der Waals surface area contributed by atoms with Crippen LogP contribution in [0.25, 0.3) is 0 Å². The van der Waals surface area contributed by atoms with E-state index in [0.29, 0.717) is 17.0 Å². The van der Waals surface area contributed by atoms with E-state index >= 15 is 0 Å². The summed E-state index contributed by atoms with van der Waals surface area (Å²) in [7, 11) is 0. The first-order valence-electron chi connectivity index (χ1n) is 8.60. The maximum atomic E-state index is 12.0. The molecule has 0 saturated heterocycles.